The number of nitrogens with two attached hydrogens (primary N) is 1. The lowest BCUT2D eigenvalue weighted by molar-refractivity contribution is 0.479. The van der Waals surface area contributed by atoms with Crippen molar-refractivity contribution in [1.29, 1.82) is 0 Å². The Balaban J connectivity index is 2.27. The normalized spacial score (nSPS) is 10.1. The molecule has 0 aliphatic rings. The predicted octanol–water partition coefficient (Wildman–Crippen LogP) is 3.85. The van der Waals surface area contributed by atoms with Crippen molar-refractivity contribution in [2.45, 2.75) is 0 Å². The van der Waals surface area contributed by atoms with Crippen molar-refractivity contribution in [2.75, 3.05) is 5.73 Å². The van der Waals surface area contributed by atoms with Crippen molar-refractivity contribution in [1.82, 2.24) is 0 Å². The van der Waals surface area contributed by atoms with Crippen LogP contribution in [0.5, 0.6) is 11.5 Å². The summed E-state index contributed by atoms with van der Waals surface area (Å²) in [6.07, 6.45) is 0. The molecule has 0 bridgehead atoms. The van der Waals surface area contributed by atoms with Crippen LogP contribution >= 0.6 is 11.6 Å². The third-order valence-electron chi connectivity index (χ3n) is 2.00. The maximum Gasteiger partial charge on any atom is 0.150 e. The molecule has 0 atom stereocenters. The van der Waals surface area contributed by atoms with Crippen molar-refractivity contribution in [3.05, 3.63) is 53.3 Å². The second-order valence-electron chi connectivity index (χ2n) is 3.24. The molecule has 0 radical (unpaired) electrons. The van der Waals surface area contributed by atoms with Gasteiger partial charge >= 0.3 is 0 Å². The third-order valence-corrected chi connectivity index (χ3v) is 2.23. The summed E-state index contributed by atoms with van der Waals surface area (Å²) in [6, 6.07) is 10.7. The van der Waals surface area contributed by atoms with Crippen LogP contribution in [0.3, 0.4) is 0 Å². The van der Waals surface area contributed by atoms with E-state index < -0.39 is 0 Å². The van der Waals surface area contributed by atoms with Crippen molar-refractivity contribution in [2.24, 2.45) is 0 Å². The zero-order valence-electron chi connectivity index (χ0n) is 8.28. The molecule has 0 fully saturated rings. The Kier molecular flexibility index (Phi) is 2.97. The van der Waals surface area contributed by atoms with Crippen LogP contribution in [0.1, 0.15) is 0 Å². The van der Waals surface area contributed by atoms with Crippen LogP contribution < -0.4 is 10.5 Å². The molecule has 0 aliphatic heterocycles. The summed E-state index contributed by atoms with van der Waals surface area (Å²) in [5.74, 6) is 0.494. The Morgan fingerprint density at radius 2 is 1.94 bits per heavy atom. The second-order valence-corrected chi connectivity index (χ2v) is 3.68. The molecule has 82 valence electrons. The molecule has 2 aromatic carbocycles. The summed E-state index contributed by atoms with van der Waals surface area (Å²) in [5, 5.41) is 0.532. The van der Waals surface area contributed by atoms with Crippen LogP contribution in [-0.4, -0.2) is 0 Å². The van der Waals surface area contributed by atoms with E-state index in [2.05, 4.69) is 0 Å². The molecule has 2 rings (SSSR count). The zero-order chi connectivity index (χ0) is 11.5. The van der Waals surface area contributed by atoms with Crippen LogP contribution in [0, 0.1) is 5.82 Å². The molecule has 16 heavy (non-hydrogen) atoms. The number of ether oxygens (including phenoxy) is 1. The van der Waals surface area contributed by atoms with Gasteiger partial charge in [-0.15, -0.1) is 0 Å². The smallest absolute Gasteiger partial charge is 0.150 e. The molecule has 0 saturated heterocycles. The van der Waals surface area contributed by atoms with E-state index >= 15 is 0 Å². The first-order valence-corrected chi connectivity index (χ1v) is 5.01. The van der Waals surface area contributed by atoms with Crippen LogP contribution in [0.25, 0.3) is 0 Å². The largest absolute Gasteiger partial charge is 0.455 e. The molecule has 0 spiro atoms. The lowest BCUT2D eigenvalue weighted by atomic mass is 10.3. The highest BCUT2D eigenvalue weighted by molar-refractivity contribution is 6.30. The third kappa shape index (κ3) is 2.44. The molecule has 0 amide bonds. The van der Waals surface area contributed by atoms with Gasteiger partial charge in [-0.2, -0.15) is 0 Å². The topological polar surface area (TPSA) is 35.2 Å². The summed E-state index contributed by atoms with van der Waals surface area (Å²) >= 11 is 5.75. The predicted molar refractivity (Wildman–Crippen MR) is 62.3 cm³/mol. The molecular weight excluding hydrogens is 229 g/mol. The van der Waals surface area contributed by atoms with E-state index in [1.165, 1.54) is 12.1 Å². The molecule has 0 aromatic heterocycles. The summed E-state index contributed by atoms with van der Waals surface area (Å²) < 4.78 is 18.3. The monoisotopic (exact) mass is 237 g/mol. The number of benzene rings is 2. The number of nitrogen functional groups attached to an aromatic ring is 1. The Labute approximate surface area is 97.4 Å². The van der Waals surface area contributed by atoms with E-state index in [9.17, 15) is 4.39 Å². The van der Waals surface area contributed by atoms with Crippen molar-refractivity contribution >= 4 is 17.3 Å². The van der Waals surface area contributed by atoms with E-state index in [0.717, 1.165) is 0 Å². The van der Waals surface area contributed by atoms with Crippen LogP contribution in [0.2, 0.25) is 5.02 Å². The molecule has 2 nitrogen and oxygen atoms in total. The van der Waals surface area contributed by atoms with Gasteiger partial charge < -0.3 is 10.5 Å². The van der Waals surface area contributed by atoms with Crippen LogP contribution in [-0.2, 0) is 0 Å². The quantitative estimate of drug-likeness (QED) is 0.805. The van der Waals surface area contributed by atoms with Gasteiger partial charge in [0.15, 0.2) is 0 Å². The first-order valence-electron chi connectivity index (χ1n) is 4.63. The Bertz CT molecular complexity index is 516. The lowest BCUT2D eigenvalue weighted by Gasteiger charge is -2.08. The highest BCUT2D eigenvalue weighted by Gasteiger charge is 2.03. The molecule has 0 unspecified atom stereocenters. The first-order chi connectivity index (χ1) is 7.65. The van der Waals surface area contributed by atoms with Crippen molar-refractivity contribution in [3.8, 4) is 11.5 Å². The fourth-order valence-electron chi connectivity index (χ4n) is 1.27. The molecule has 0 saturated carbocycles. The van der Waals surface area contributed by atoms with Gasteiger partial charge in [-0.1, -0.05) is 17.7 Å². The van der Waals surface area contributed by atoms with Gasteiger partial charge in [0.25, 0.3) is 0 Å². The number of hydrogen-bond donors (Lipinski definition) is 1. The standard InChI is InChI=1S/C12H9ClFNO/c13-8-4-5-12(11(15)6-8)16-10-3-1-2-9(14)7-10/h1-7H,15H2. The Morgan fingerprint density at radius 1 is 1.12 bits per heavy atom. The minimum Gasteiger partial charge on any atom is -0.455 e. The molecule has 2 N–H and O–H groups in total. The number of hydrogen-bond acceptors (Lipinski definition) is 2. The van der Waals surface area contributed by atoms with Gasteiger partial charge in [-0.05, 0) is 30.3 Å². The van der Waals surface area contributed by atoms with Gasteiger partial charge in [0.05, 0.1) is 5.69 Å². The molecular formula is C12H9ClFNO. The highest BCUT2D eigenvalue weighted by atomic mass is 35.5. The van der Waals surface area contributed by atoms with Gasteiger partial charge in [-0.25, -0.2) is 4.39 Å². The number of rotatable bonds is 2. The molecule has 0 aliphatic carbocycles. The van der Waals surface area contributed by atoms with Crippen molar-refractivity contribution < 1.29 is 9.13 Å². The van der Waals surface area contributed by atoms with Gasteiger partial charge in [0, 0.05) is 11.1 Å². The van der Waals surface area contributed by atoms with E-state index in [1.54, 1.807) is 30.3 Å². The fraction of sp³-hybridized carbons (Fsp3) is 0. The lowest BCUT2D eigenvalue weighted by Crippen LogP contribution is -1.92. The Hall–Kier alpha value is -1.74. The van der Waals surface area contributed by atoms with E-state index in [4.69, 9.17) is 22.1 Å². The zero-order valence-corrected chi connectivity index (χ0v) is 9.04. The van der Waals surface area contributed by atoms with E-state index in [0.29, 0.717) is 22.2 Å². The van der Waals surface area contributed by atoms with Gasteiger partial charge in [-0.3, -0.25) is 0 Å². The number of halogens is 2. The molecule has 0 heterocycles. The highest BCUT2D eigenvalue weighted by Crippen LogP contribution is 2.29. The minimum atomic E-state index is -0.356. The van der Waals surface area contributed by atoms with Crippen LogP contribution in [0.15, 0.2) is 42.5 Å². The maximum absolute atomic E-state index is 12.9. The van der Waals surface area contributed by atoms with E-state index in [-0.39, 0.29) is 5.82 Å². The fourth-order valence-corrected chi connectivity index (χ4v) is 1.45. The van der Waals surface area contributed by atoms with Gasteiger partial charge in [0.1, 0.15) is 17.3 Å². The first kappa shape index (κ1) is 10.8. The second kappa shape index (κ2) is 4.41. The summed E-state index contributed by atoms with van der Waals surface area (Å²) in [4.78, 5) is 0. The van der Waals surface area contributed by atoms with Crippen LogP contribution in [0.4, 0.5) is 10.1 Å². The average molecular weight is 238 g/mol. The average Bonchev–Trinajstić information content (AvgIpc) is 2.22. The summed E-state index contributed by atoms with van der Waals surface area (Å²) in [7, 11) is 0. The summed E-state index contributed by atoms with van der Waals surface area (Å²) in [5.41, 5.74) is 6.12. The van der Waals surface area contributed by atoms with Crippen molar-refractivity contribution in [3.63, 3.8) is 0 Å². The SMILES string of the molecule is Nc1cc(Cl)ccc1Oc1cccc(F)c1. The number of anilines is 1. The minimum absolute atomic E-state index is 0.356. The summed E-state index contributed by atoms with van der Waals surface area (Å²) in [6.45, 7) is 0. The Morgan fingerprint density at radius 3 is 2.62 bits per heavy atom. The molecule has 4 heteroatoms. The maximum atomic E-state index is 12.9. The van der Waals surface area contributed by atoms with E-state index in [1.807, 2.05) is 0 Å². The molecule has 2 aromatic rings. The van der Waals surface area contributed by atoms with Gasteiger partial charge in [0.2, 0.25) is 0 Å².